The largest absolute Gasteiger partial charge is 0.416 e. The maximum absolute atomic E-state index is 12.8. The van der Waals surface area contributed by atoms with Crippen LogP contribution in [0.5, 0.6) is 0 Å². The van der Waals surface area contributed by atoms with Crippen LogP contribution in [-0.2, 0) is 6.18 Å². The van der Waals surface area contributed by atoms with Crippen molar-refractivity contribution in [2.45, 2.75) is 26.4 Å². The maximum atomic E-state index is 12.8. The zero-order valence-corrected chi connectivity index (χ0v) is 13.8. The van der Waals surface area contributed by atoms with Crippen molar-refractivity contribution in [1.29, 1.82) is 0 Å². The van der Waals surface area contributed by atoms with Gasteiger partial charge in [-0.15, -0.1) is 0 Å². The minimum absolute atomic E-state index is 0.296. The van der Waals surface area contributed by atoms with Gasteiger partial charge in [-0.2, -0.15) is 13.2 Å². The first-order valence-electron chi connectivity index (χ1n) is 6.95. The van der Waals surface area contributed by atoms with Crippen molar-refractivity contribution >= 4 is 27.2 Å². The van der Waals surface area contributed by atoms with Crippen LogP contribution in [-0.4, -0.2) is 30.0 Å². The van der Waals surface area contributed by atoms with Crippen molar-refractivity contribution in [1.82, 2.24) is 4.31 Å². The Morgan fingerprint density at radius 1 is 1.23 bits per heavy atom. The molecule has 120 valence electrons. The fraction of sp³-hybridized carbons (Fsp3) is 0.375. The molecule has 1 aromatic rings. The predicted octanol–water partition coefficient (Wildman–Crippen LogP) is 4.72. The molecule has 0 bridgehead atoms. The molecule has 0 N–H and O–H groups in total. The highest BCUT2D eigenvalue weighted by Gasteiger charge is 2.31. The summed E-state index contributed by atoms with van der Waals surface area (Å²) in [4.78, 5) is 5.42. The lowest BCUT2D eigenvalue weighted by Gasteiger charge is -2.25. The van der Waals surface area contributed by atoms with Crippen LogP contribution in [0.3, 0.4) is 0 Å². The molecule has 1 heterocycles. The van der Waals surface area contributed by atoms with Gasteiger partial charge >= 0.3 is 6.18 Å². The van der Waals surface area contributed by atoms with Crippen LogP contribution in [0.4, 0.5) is 13.2 Å². The van der Waals surface area contributed by atoms with E-state index in [4.69, 9.17) is 0 Å². The number of hydrogen-bond donors (Lipinski definition) is 0. The van der Waals surface area contributed by atoms with Gasteiger partial charge in [0.15, 0.2) is 0 Å². The summed E-state index contributed by atoms with van der Waals surface area (Å²) in [5.41, 5.74) is 1.79. The molecule has 0 spiro atoms. The monoisotopic (exact) mass is 328 g/mol. The molecule has 0 saturated carbocycles. The van der Waals surface area contributed by atoms with Crippen LogP contribution in [0.2, 0.25) is 0 Å². The van der Waals surface area contributed by atoms with Crippen molar-refractivity contribution in [3.05, 3.63) is 40.6 Å². The Morgan fingerprint density at radius 3 is 2.41 bits per heavy atom. The summed E-state index contributed by atoms with van der Waals surface area (Å²) in [7, 11) is 3.63. The van der Waals surface area contributed by atoms with Gasteiger partial charge in [-0.25, -0.2) is 0 Å². The lowest BCUT2D eigenvalue weighted by molar-refractivity contribution is -0.137. The van der Waals surface area contributed by atoms with Crippen LogP contribution >= 0.6 is 10.7 Å². The molecular formula is C16H19F3N2S. The number of halogens is 3. The summed E-state index contributed by atoms with van der Waals surface area (Å²) in [6.45, 7) is 3.73. The van der Waals surface area contributed by atoms with Crippen LogP contribution in [0.1, 0.15) is 30.0 Å². The topological polar surface area (TPSA) is 15.6 Å². The van der Waals surface area contributed by atoms with Crippen LogP contribution in [0.25, 0.3) is 4.91 Å². The highest BCUT2D eigenvalue weighted by molar-refractivity contribution is 8.21. The SMILES string of the molecule is CCC1=C(c2ccc(C(F)(F)F)cc2C)S(N(C)C)=CC=N1. The molecule has 0 amide bonds. The molecule has 22 heavy (non-hydrogen) atoms. The number of allylic oxidation sites excluding steroid dienone is 1. The summed E-state index contributed by atoms with van der Waals surface area (Å²) < 4.78 is 40.6. The lowest BCUT2D eigenvalue weighted by Crippen LogP contribution is -2.11. The number of hydrogen-bond acceptors (Lipinski definition) is 2. The third-order valence-corrected chi connectivity index (χ3v) is 5.46. The quantitative estimate of drug-likeness (QED) is 0.733. The van der Waals surface area contributed by atoms with E-state index < -0.39 is 11.7 Å². The molecule has 1 unspecified atom stereocenters. The molecular weight excluding hydrogens is 309 g/mol. The molecule has 0 aliphatic carbocycles. The first-order chi connectivity index (χ1) is 10.3. The van der Waals surface area contributed by atoms with Crippen LogP contribution < -0.4 is 0 Å². The molecule has 2 nitrogen and oxygen atoms in total. The summed E-state index contributed by atoms with van der Waals surface area (Å²) in [6, 6.07) is 3.94. The third kappa shape index (κ3) is 3.33. The minimum Gasteiger partial charge on any atom is -0.260 e. The van der Waals surface area contributed by atoms with E-state index in [9.17, 15) is 13.2 Å². The number of nitrogens with zero attached hydrogens (tertiary/aromatic N) is 2. The van der Waals surface area contributed by atoms with E-state index in [1.165, 1.54) is 6.07 Å². The van der Waals surface area contributed by atoms with Crippen LogP contribution in [0, 0.1) is 6.92 Å². The Hall–Kier alpha value is -1.40. The van der Waals surface area contributed by atoms with E-state index in [1.54, 1.807) is 19.2 Å². The Morgan fingerprint density at radius 2 is 1.91 bits per heavy atom. The second-order valence-corrected chi connectivity index (χ2v) is 7.24. The molecule has 0 radical (unpaired) electrons. The van der Waals surface area contributed by atoms with E-state index in [0.29, 0.717) is 5.56 Å². The van der Waals surface area contributed by atoms with Gasteiger partial charge in [-0.05, 0) is 56.1 Å². The first kappa shape index (κ1) is 17.0. The summed E-state index contributed by atoms with van der Waals surface area (Å²) in [6.07, 6.45) is -1.78. The van der Waals surface area contributed by atoms with E-state index in [-0.39, 0.29) is 10.7 Å². The van der Waals surface area contributed by atoms with Gasteiger partial charge < -0.3 is 0 Å². The molecule has 1 aromatic carbocycles. The molecule has 1 aliphatic heterocycles. The van der Waals surface area contributed by atoms with Gasteiger partial charge in [0.25, 0.3) is 0 Å². The van der Waals surface area contributed by atoms with Gasteiger partial charge in [-0.1, -0.05) is 23.7 Å². The summed E-state index contributed by atoms with van der Waals surface area (Å²) >= 11 is 0. The Bertz CT molecular complexity index is 670. The van der Waals surface area contributed by atoms with Crippen molar-refractivity contribution in [3.63, 3.8) is 0 Å². The predicted molar refractivity (Wildman–Crippen MR) is 89.2 cm³/mol. The summed E-state index contributed by atoms with van der Waals surface area (Å²) in [5.74, 6) is 0. The smallest absolute Gasteiger partial charge is 0.260 e. The molecule has 0 saturated heterocycles. The highest BCUT2D eigenvalue weighted by Crippen LogP contribution is 2.43. The Labute approximate surface area is 131 Å². The fourth-order valence-electron chi connectivity index (χ4n) is 2.34. The fourth-order valence-corrected chi connectivity index (χ4v) is 4.16. The van der Waals surface area contributed by atoms with Crippen molar-refractivity contribution in [2.24, 2.45) is 4.99 Å². The molecule has 2 rings (SSSR count). The zero-order valence-electron chi connectivity index (χ0n) is 13.0. The number of benzene rings is 1. The van der Waals surface area contributed by atoms with Gasteiger partial charge in [0.2, 0.25) is 0 Å². The number of aryl methyl sites for hydroxylation is 1. The third-order valence-electron chi connectivity index (χ3n) is 3.42. The van der Waals surface area contributed by atoms with Crippen molar-refractivity contribution in [3.8, 4) is 0 Å². The lowest BCUT2D eigenvalue weighted by atomic mass is 10.0. The average Bonchev–Trinajstić information content (AvgIpc) is 2.45. The molecule has 1 atom stereocenters. The molecule has 0 fully saturated rings. The first-order valence-corrected chi connectivity index (χ1v) is 8.19. The number of alkyl halides is 3. The maximum Gasteiger partial charge on any atom is 0.416 e. The highest BCUT2D eigenvalue weighted by atomic mass is 32.2. The van der Waals surface area contributed by atoms with E-state index in [1.807, 2.05) is 26.4 Å². The number of rotatable bonds is 3. The normalized spacial score (nSPS) is 18.8. The van der Waals surface area contributed by atoms with Crippen molar-refractivity contribution < 1.29 is 13.2 Å². The van der Waals surface area contributed by atoms with Gasteiger partial charge in [0.1, 0.15) is 0 Å². The Balaban J connectivity index is 2.60. The molecule has 6 heteroatoms. The van der Waals surface area contributed by atoms with Gasteiger partial charge in [0.05, 0.1) is 11.3 Å². The average molecular weight is 328 g/mol. The van der Waals surface area contributed by atoms with Gasteiger partial charge in [0, 0.05) is 11.1 Å². The summed E-state index contributed by atoms with van der Waals surface area (Å²) in [5, 5.41) is 1.99. The van der Waals surface area contributed by atoms with E-state index in [2.05, 4.69) is 9.30 Å². The molecule has 0 aromatic heterocycles. The number of aliphatic imine (C=N–C) groups is 1. The Kier molecular flexibility index (Phi) is 4.92. The van der Waals surface area contributed by atoms with Crippen molar-refractivity contribution in [2.75, 3.05) is 14.1 Å². The van der Waals surface area contributed by atoms with Crippen LogP contribution in [0.15, 0.2) is 28.9 Å². The molecule has 1 aliphatic rings. The van der Waals surface area contributed by atoms with Gasteiger partial charge in [-0.3, -0.25) is 9.30 Å². The van der Waals surface area contributed by atoms with E-state index in [0.717, 1.165) is 28.7 Å². The van der Waals surface area contributed by atoms with E-state index >= 15 is 0 Å². The standard InChI is InChI=1S/C16H19F3N2S/c1-5-14-15(22(21(3)4)9-8-20-14)13-7-6-12(10-11(13)2)16(17,18)19/h6-10H,5H2,1-4H3. The second-order valence-electron chi connectivity index (χ2n) is 5.20. The minimum atomic E-state index is -4.31. The zero-order chi connectivity index (χ0) is 16.5. The second kappa shape index (κ2) is 6.38.